The van der Waals surface area contributed by atoms with Crippen molar-refractivity contribution in [2.45, 2.75) is 31.7 Å². The third kappa shape index (κ3) is 10.9. The molecule has 7 heteroatoms. The first-order valence-corrected chi connectivity index (χ1v) is 9.37. The number of guanidine groups is 1. The van der Waals surface area contributed by atoms with Crippen LogP contribution in [-0.4, -0.2) is 75.9 Å². The minimum atomic E-state index is 0. The van der Waals surface area contributed by atoms with Gasteiger partial charge in [0.25, 0.3) is 0 Å². The summed E-state index contributed by atoms with van der Waals surface area (Å²) in [5, 5.41) is 6.78. The molecule has 0 heterocycles. The van der Waals surface area contributed by atoms with Crippen molar-refractivity contribution in [3.05, 3.63) is 0 Å². The van der Waals surface area contributed by atoms with Gasteiger partial charge in [-0.25, -0.2) is 0 Å². The van der Waals surface area contributed by atoms with Gasteiger partial charge in [-0.1, -0.05) is 0 Å². The average Bonchev–Trinajstić information content (AvgIpc) is 3.33. The minimum absolute atomic E-state index is 0. The fourth-order valence-electron chi connectivity index (χ4n) is 2.24. The van der Waals surface area contributed by atoms with E-state index in [1.54, 1.807) is 7.11 Å². The van der Waals surface area contributed by atoms with Gasteiger partial charge in [0.15, 0.2) is 5.96 Å². The van der Waals surface area contributed by atoms with Crippen LogP contribution in [0, 0.1) is 0 Å². The number of nitrogens with one attached hydrogen (secondary N) is 2. The van der Waals surface area contributed by atoms with E-state index in [2.05, 4.69) is 26.8 Å². The maximum Gasteiger partial charge on any atom is 0.191 e. The van der Waals surface area contributed by atoms with Crippen LogP contribution in [0.3, 0.4) is 0 Å². The normalized spacial score (nSPS) is 14.8. The standard InChI is InChI=1S/C15H32N4OS.HI/c1-16-15(17-8-4-5-13-21-3)18-9-10-19(11-12-20-2)14-6-7-14;/h14H,4-13H2,1-3H3,(H2,16,17,18);1H. The number of aliphatic imine (C=N–C) groups is 1. The molecule has 1 aliphatic rings. The molecule has 0 radical (unpaired) electrons. The molecule has 1 fully saturated rings. The summed E-state index contributed by atoms with van der Waals surface area (Å²) in [7, 11) is 3.60. The summed E-state index contributed by atoms with van der Waals surface area (Å²) < 4.78 is 5.18. The molecule has 1 rings (SSSR count). The molecular formula is C15H33IN4OS. The second-order valence-electron chi connectivity index (χ2n) is 5.39. The van der Waals surface area contributed by atoms with Crippen LogP contribution in [0.25, 0.3) is 0 Å². The van der Waals surface area contributed by atoms with Gasteiger partial charge in [0.05, 0.1) is 6.61 Å². The number of ether oxygens (including phenoxy) is 1. The van der Waals surface area contributed by atoms with E-state index in [0.29, 0.717) is 0 Å². The van der Waals surface area contributed by atoms with E-state index < -0.39 is 0 Å². The molecule has 132 valence electrons. The van der Waals surface area contributed by atoms with Gasteiger partial charge in [0.2, 0.25) is 0 Å². The molecule has 0 bridgehead atoms. The molecule has 0 aliphatic heterocycles. The monoisotopic (exact) mass is 444 g/mol. The number of halogens is 1. The predicted molar refractivity (Wildman–Crippen MR) is 109 cm³/mol. The van der Waals surface area contributed by atoms with E-state index in [-0.39, 0.29) is 24.0 Å². The summed E-state index contributed by atoms with van der Waals surface area (Å²) >= 11 is 1.91. The van der Waals surface area contributed by atoms with Gasteiger partial charge >= 0.3 is 0 Å². The molecule has 0 spiro atoms. The van der Waals surface area contributed by atoms with E-state index in [1.807, 2.05) is 18.8 Å². The van der Waals surface area contributed by atoms with Crippen LogP contribution in [0.5, 0.6) is 0 Å². The van der Waals surface area contributed by atoms with Crippen LogP contribution in [0.4, 0.5) is 0 Å². The first kappa shape index (κ1) is 22.3. The quantitative estimate of drug-likeness (QED) is 0.209. The smallest absolute Gasteiger partial charge is 0.191 e. The number of hydrogen-bond donors (Lipinski definition) is 2. The van der Waals surface area contributed by atoms with Gasteiger partial charge in [0, 0.05) is 46.4 Å². The Kier molecular flexibility index (Phi) is 15.0. The molecule has 0 aromatic carbocycles. The van der Waals surface area contributed by atoms with Crippen LogP contribution in [0.1, 0.15) is 25.7 Å². The lowest BCUT2D eigenvalue weighted by Gasteiger charge is -2.22. The highest BCUT2D eigenvalue weighted by molar-refractivity contribution is 14.0. The third-order valence-electron chi connectivity index (χ3n) is 3.63. The van der Waals surface area contributed by atoms with Crippen LogP contribution >= 0.6 is 35.7 Å². The van der Waals surface area contributed by atoms with Gasteiger partial charge in [-0.3, -0.25) is 9.89 Å². The van der Waals surface area contributed by atoms with Crippen LogP contribution in [0.15, 0.2) is 4.99 Å². The third-order valence-corrected chi connectivity index (χ3v) is 4.33. The minimum Gasteiger partial charge on any atom is -0.383 e. The molecule has 0 aromatic rings. The van der Waals surface area contributed by atoms with Crippen molar-refractivity contribution in [1.29, 1.82) is 0 Å². The zero-order chi connectivity index (χ0) is 15.3. The lowest BCUT2D eigenvalue weighted by Crippen LogP contribution is -2.43. The molecule has 2 N–H and O–H groups in total. The van der Waals surface area contributed by atoms with Gasteiger partial charge in [0.1, 0.15) is 0 Å². The average molecular weight is 444 g/mol. The summed E-state index contributed by atoms with van der Waals surface area (Å²) in [6.07, 6.45) is 7.29. The Balaban J connectivity index is 0.00000441. The van der Waals surface area contributed by atoms with Crippen molar-refractivity contribution >= 4 is 41.7 Å². The summed E-state index contributed by atoms with van der Waals surface area (Å²) in [4.78, 5) is 6.79. The van der Waals surface area contributed by atoms with Gasteiger partial charge in [-0.15, -0.1) is 24.0 Å². The van der Waals surface area contributed by atoms with Gasteiger partial charge in [-0.05, 0) is 37.7 Å². The Bertz CT molecular complexity index is 291. The van der Waals surface area contributed by atoms with Crippen molar-refractivity contribution in [2.75, 3.05) is 59.0 Å². The van der Waals surface area contributed by atoms with Crippen LogP contribution in [0.2, 0.25) is 0 Å². The van der Waals surface area contributed by atoms with E-state index >= 15 is 0 Å². The van der Waals surface area contributed by atoms with Crippen molar-refractivity contribution in [2.24, 2.45) is 4.99 Å². The Hall–Kier alpha value is 0.270. The van der Waals surface area contributed by atoms with Crippen LogP contribution in [-0.2, 0) is 4.74 Å². The molecule has 0 saturated heterocycles. The highest BCUT2D eigenvalue weighted by Gasteiger charge is 2.28. The first-order chi connectivity index (χ1) is 10.3. The highest BCUT2D eigenvalue weighted by Crippen LogP contribution is 2.25. The van der Waals surface area contributed by atoms with E-state index in [9.17, 15) is 0 Å². The SMILES string of the molecule is CN=C(NCCCCSC)NCCN(CCOC)C1CC1.I. The van der Waals surface area contributed by atoms with Gasteiger partial charge in [-0.2, -0.15) is 11.8 Å². The van der Waals surface area contributed by atoms with Crippen molar-refractivity contribution < 1.29 is 4.74 Å². The molecule has 1 aliphatic carbocycles. The van der Waals surface area contributed by atoms with E-state index in [1.165, 1.54) is 31.4 Å². The van der Waals surface area contributed by atoms with Crippen molar-refractivity contribution in [3.63, 3.8) is 0 Å². The van der Waals surface area contributed by atoms with Crippen molar-refractivity contribution in [1.82, 2.24) is 15.5 Å². The summed E-state index contributed by atoms with van der Waals surface area (Å²) in [6, 6.07) is 0.781. The summed E-state index contributed by atoms with van der Waals surface area (Å²) in [6.45, 7) is 4.84. The number of nitrogens with zero attached hydrogens (tertiary/aromatic N) is 2. The molecule has 1 saturated carbocycles. The lowest BCUT2D eigenvalue weighted by molar-refractivity contribution is 0.144. The first-order valence-electron chi connectivity index (χ1n) is 7.98. The molecule has 0 unspecified atom stereocenters. The number of thioether (sulfide) groups is 1. The number of rotatable bonds is 12. The summed E-state index contributed by atoms with van der Waals surface area (Å²) in [5.74, 6) is 2.16. The summed E-state index contributed by atoms with van der Waals surface area (Å²) in [5.41, 5.74) is 0. The molecule has 0 atom stereocenters. The van der Waals surface area contributed by atoms with E-state index in [4.69, 9.17) is 4.74 Å². The fraction of sp³-hybridized carbons (Fsp3) is 0.933. The molecule has 0 amide bonds. The number of unbranched alkanes of at least 4 members (excludes halogenated alkanes) is 1. The number of hydrogen-bond acceptors (Lipinski definition) is 4. The maximum atomic E-state index is 5.18. The second kappa shape index (κ2) is 14.8. The zero-order valence-electron chi connectivity index (χ0n) is 14.3. The predicted octanol–water partition coefficient (Wildman–Crippen LogP) is 2.02. The Morgan fingerprint density at radius 1 is 1.23 bits per heavy atom. The zero-order valence-corrected chi connectivity index (χ0v) is 17.4. The fourth-order valence-corrected chi connectivity index (χ4v) is 2.73. The molecule has 0 aromatic heterocycles. The molecule has 22 heavy (non-hydrogen) atoms. The Morgan fingerprint density at radius 3 is 2.55 bits per heavy atom. The number of methoxy groups -OCH3 is 1. The van der Waals surface area contributed by atoms with Crippen LogP contribution < -0.4 is 10.6 Å². The van der Waals surface area contributed by atoms with Crippen molar-refractivity contribution in [3.8, 4) is 0 Å². The second-order valence-corrected chi connectivity index (χ2v) is 6.37. The molecular weight excluding hydrogens is 411 g/mol. The highest BCUT2D eigenvalue weighted by atomic mass is 127. The maximum absolute atomic E-state index is 5.18. The lowest BCUT2D eigenvalue weighted by atomic mass is 10.3. The Morgan fingerprint density at radius 2 is 1.95 bits per heavy atom. The largest absolute Gasteiger partial charge is 0.383 e. The molecule has 5 nitrogen and oxygen atoms in total. The van der Waals surface area contributed by atoms with E-state index in [0.717, 1.165) is 44.8 Å². The Labute approximate surface area is 157 Å². The topological polar surface area (TPSA) is 48.9 Å². The van der Waals surface area contributed by atoms with Gasteiger partial charge < -0.3 is 15.4 Å².